The topological polar surface area (TPSA) is 88.6 Å². The molecule has 0 unspecified atom stereocenters. The number of benzene rings is 1. The highest BCUT2D eigenvalue weighted by Gasteiger charge is 2.14. The Balaban J connectivity index is 1.74. The molecule has 0 saturated heterocycles. The van der Waals surface area contributed by atoms with Crippen molar-refractivity contribution < 1.29 is 14.2 Å². The number of nitrogens with zero attached hydrogens (tertiary/aromatic N) is 6. The van der Waals surface area contributed by atoms with Crippen LogP contribution < -0.4 is 14.2 Å². The van der Waals surface area contributed by atoms with Gasteiger partial charge in [-0.1, -0.05) is 0 Å². The van der Waals surface area contributed by atoms with Gasteiger partial charge >= 0.3 is 0 Å². The van der Waals surface area contributed by atoms with Gasteiger partial charge < -0.3 is 14.2 Å². The van der Waals surface area contributed by atoms with Crippen LogP contribution in [0.2, 0.25) is 0 Å². The summed E-state index contributed by atoms with van der Waals surface area (Å²) >= 11 is 0. The minimum Gasteiger partial charge on any atom is -0.497 e. The molecule has 4 aromatic rings. The molecular weight excluding hydrogens is 336 g/mol. The summed E-state index contributed by atoms with van der Waals surface area (Å²) < 4.78 is 19.8. The molecule has 0 spiro atoms. The first-order valence-electron chi connectivity index (χ1n) is 7.79. The third kappa shape index (κ3) is 2.79. The van der Waals surface area contributed by atoms with E-state index in [2.05, 4.69) is 20.4 Å². The number of aromatic nitrogens is 6. The Morgan fingerprint density at radius 1 is 0.962 bits per heavy atom. The number of aryl methyl sites for hydroxylation is 1. The Morgan fingerprint density at radius 3 is 2.58 bits per heavy atom. The van der Waals surface area contributed by atoms with E-state index in [-0.39, 0.29) is 0 Å². The van der Waals surface area contributed by atoms with Gasteiger partial charge in [0, 0.05) is 25.4 Å². The van der Waals surface area contributed by atoms with Crippen LogP contribution in [0.25, 0.3) is 17.0 Å². The zero-order chi connectivity index (χ0) is 18.1. The maximum atomic E-state index is 5.90. The van der Waals surface area contributed by atoms with Crippen molar-refractivity contribution in [2.75, 3.05) is 14.2 Å². The van der Waals surface area contributed by atoms with Crippen LogP contribution in [-0.2, 0) is 7.05 Å². The number of fused-ring (bicyclic) bond motifs is 1. The van der Waals surface area contributed by atoms with Crippen LogP contribution in [0.4, 0.5) is 0 Å². The second kappa shape index (κ2) is 6.36. The highest BCUT2D eigenvalue weighted by Crippen LogP contribution is 2.34. The molecule has 132 valence electrons. The molecule has 0 atom stereocenters. The summed E-state index contributed by atoms with van der Waals surface area (Å²) in [5, 5.41) is 17.0. The van der Waals surface area contributed by atoms with Gasteiger partial charge in [0.15, 0.2) is 23.0 Å². The molecule has 9 heteroatoms. The average Bonchev–Trinajstić information content (AvgIpc) is 3.27. The Morgan fingerprint density at radius 2 is 1.85 bits per heavy atom. The van der Waals surface area contributed by atoms with Crippen molar-refractivity contribution in [3.05, 3.63) is 42.7 Å². The Bertz CT molecular complexity index is 1070. The van der Waals surface area contributed by atoms with E-state index in [1.54, 1.807) is 59.9 Å². The van der Waals surface area contributed by atoms with Crippen LogP contribution >= 0.6 is 0 Å². The van der Waals surface area contributed by atoms with Crippen molar-refractivity contribution in [2.24, 2.45) is 7.05 Å². The molecule has 0 radical (unpaired) electrons. The van der Waals surface area contributed by atoms with Crippen LogP contribution in [0.5, 0.6) is 23.1 Å². The fourth-order valence-corrected chi connectivity index (χ4v) is 2.52. The first-order valence-corrected chi connectivity index (χ1v) is 7.79. The van der Waals surface area contributed by atoms with Crippen LogP contribution in [-0.4, -0.2) is 43.8 Å². The van der Waals surface area contributed by atoms with Gasteiger partial charge in [-0.25, -0.2) is 0 Å². The summed E-state index contributed by atoms with van der Waals surface area (Å²) in [5.74, 6) is 2.67. The number of ether oxygens (including phenoxy) is 3. The summed E-state index contributed by atoms with van der Waals surface area (Å²) in [4.78, 5) is 0. The van der Waals surface area contributed by atoms with Crippen molar-refractivity contribution >= 4 is 5.65 Å². The first kappa shape index (κ1) is 15.9. The Labute approximate surface area is 148 Å². The number of rotatable bonds is 5. The molecule has 26 heavy (non-hydrogen) atoms. The normalized spacial score (nSPS) is 10.9. The van der Waals surface area contributed by atoms with E-state index in [1.165, 1.54) is 0 Å². The minimum atomic E-state index is 0.369. The highest BCUT2D eigenvalue weighted by atomic mass is 16.5. The molecule has 0 bridgehead atoms. The monoisotopic (exact) mass is 352 g/mol. The van der Waals surface area contributed by atoms with Crippen LogP contribution in [0.15, 0.2) is 42.7 Å². The summed E-state index contributed by atoms with van der Waals surface area (Å²) in [6, 6.07) is 8.80. The molecular formula is C17H16N6O3. The van der Waals surface area contributed by atoms with E-state index in [4.69, 9.17) is 14.2 Å². The standard InChI is InChI=1S/C17H16N6O3/c1-22-10-11(9-18-22)17-20-19-15-6-7-16(21-23(15)17)26-14-8-12(24-2)4-5-13(14)25-3/h4-10H,1-3H3. The smallest absolute Gasteiger partial charge is 0.237 e. The number of hydrogen-bond acceptors (Lipinski definition) is 7. The van der Waals surface area contributed by atoms with E-state index in [0.717, 1.165) is 5.56 Å². The Hall–Kier alpha value is -3.62. The van der Waals surface area contributed by atoms with Gasteiger partial charge in [-0.05, 0) is 18.2 Å². The maximum Gasteiger partial charge on any atom is 0.237 e. The van der Waals surface area contributed by atoms with Crippen molar-refractivity contribution in [3.8, 4) is 34.5 Å². The molecule has 4 rings (SSSR count). The van der Waals surface area contributed by atoms with Gasteiger partial charge in [0.2, 0.25) is 5.88 Å². The molecule has 0 aliphatic heterocycles. The molecule has 0 saturated carbocycles. The molecule has 9 nitrogen and oxygen atoms in total. The largest absolute Gasteiger partial charge is 0.497 e. The summed E-state index contributed by atoms with van der Waals surface area (Å²) in [5.41, 5.74) is 1.41. The lowest BCUT2D eigenvalue weighted by atomic mass is 10.3. The van der Waals surface area contributed by atoms with E-state index >= 15 is 0 Å². The summed E-state index contributed by atoms with van der Waals surface area (Å²) in [6.07, 6.45) is 3.55. The first-order chi connectivity index (χ1) is 12.7. The lowest BCUT2D eigenvalue weighted by Gasteiger charge is -2.11. The molecule has 3 aromatic heterocycles. The average molecular weight is 352 g/mol. The predicted octanol–water partition coefficient (Wildman–Crippen LogP) is 2.33. The quantitative estimate of drug-likeness (QED) is 0.544. The Kier molecular flexibility index (Phi) is 3.88. The highest BCUT2D eigenvalue weighted by molar-refractivity contribution is 5.57. The zero-order valence-corrected chi connectivity index (χ0v) is 14.4. The third-order valence-electron chi connectivity index (χ3n) is 3.79. The van der Waals surface area contributed by atoms with Crippen molar-refractivity contribution in [1.29, 1.82) is 0 Å². The van der Waals surface area contributed by atoms with Gasteiger partial charge in [-0.2, -0.15) is 9.61 Å². The molecule has 0 amide bonds. The third-order valence-corrected chi connectivity index (χ3v) is 3.79. The lowest BCUT2D eigenvalue weighted by molar-refractivity contribution is 0.364. The van der Waals surface area contributed by atoms with Gasteiger partial charge in [-0.3, -0.25) is 4.68 Å². The number of methoxy groups -OCH3 is 2. The molecule has 3 heterocycles. The predicted molar refractivity (Wildman–Crippen MR) is 92.6 cm³/mol. The molecule has 1 aromatic carbocycles. The lowest BCUT2D eigenvalue weighted by Crippen LogP contribution is -1.99. The van der Waals surface area contributed by atoms with E-state index in [9.17, 15) is 0 Å². The molecule has 0 aliphatic carbocycles. The molecule has 0 aliphatic rings. The molecule has 0 N–H and O–H groups in total. The van der Waals surface area contributed by atoms with Crippen LogP contribution in [0.3, 0.4) is 0 Å². The van der Waals surface area contributed by atoms with Gasteiger partial charge in [-0.15, -0.1) is 15.3 Å². The fourth-order valence-electron chi connectivity index (χ4n) is 2.52. The molecule has 0 fully saturated rings. The fraction of sp³-hybridized carbons (Fsp3) is 0.176. The SMILES string of the molecule is COc1ccc(OC)c(Oc2ccc3nnc(-c4cnn(C)c4)n3n2)c1. The van der Waals surface area contributed by atoms with Crippen molar-refractivity contribution in [2.45, 2.75) is 0 Å². The maximum absolute atomic E-state index is 5.90. The minimum absolute atomic E-state index is 0.369. The van der Waals surface area contributed by atoms with Crippen LogP contribution in [0, 0.1) is 0 Å². The van der Waals surface area contributed by atoms with Crippen molar-refractivity contribution in [3.63, 3.8) is 0 Å². The van der Waals surface area contributed by atoms with E-state index in [0.29, 0.717) is 34.6 Å². The van der Waals surface area contributed by atoms with Crippen LogP contribution in [0.1, 0.15) is 0 Å². The zero-order valence-electron chi connectivity index (χ0n) is 14.4. The summed E-state index contributed by atoms with van der Waals surface area (Å²) in [6.45, 7) is 0. The van der Waals surface area contributed by atoms with Gasteiger partial charge in [0.05, 0.1) is 26.0 Å². The van der Waals surface area contributed by atoms with Crippen molar-refractivity contribution in [1.82, 2.24) is 29.6 Å². The second-order valence-corrected chi connectivity index (χ2v) is 5.49. The number of hydrogen-bond donors (Lipinski definition) is 0. The van der Waals surface area contributed by atoms with E-state index in [1.807, 2.05) is 13.2 Å². The summed E-state index contributed by atoms with van der Waals surface area (Å²) in [7, 11) is 5.00. The second-order valence-electron chi connectivity index (χ2n) is 5.49. The van der Waals surface area contributed by atoms with Gasteiger partial charge in [0.1, 0.15) is 5.75 Å². The van der Waals surface area contributed by atoms with Gasteiger partial charge in [0.25, 0.3) is 0 Å². The van der Waals surface area contributed by atoms with E-state index < -0.39 is 0 Å².